The van der Waals surface area contributed by atoms with Crippen LogP contribution in [0.5, 0.6) is 0 Å². The minimum atomic E-state index is -0.338. The molecule has 1 aromatic heterocycles. The maximum Gasteiger partial charge on any atom is 0.223 e. The van der Waals surface area contributed by atoms with E-state index in [0.717, 1.165) is 16.7 Å². The molecule has 0 aliphatic rings. The summed E-state index contributed by atoms with van der Waals surface area (Å²) in [6.07, 6.45) is 1.72. The minimum Gasteiger partial charge on any atom is -0.366 e. The van der Waals surface area contributed by atoms with Gasteiger partial charge in [0.1, 0.15) is 5.84 Å². The fourth-order valence-electron chi connectivity index (χ4n) is 1.82. The molecule has 22 heavy (non-hydrogen) atoms. The van der Waals surface area contributed by atoms with E-state index in [1.54, 1.807) is 17.6 Å². The molecule has 0 radical (unpaired) electrons. The van der Waals surface area contributed by atoms with Gasteiger partial charge in [0.2, 0.25) is 11.8 Å². The molecule has 4 nitrogen and oxygen atoms in total. The van der Waals surface area contributed by atoms with Gasteiger partial charge in [0.05, 0.1) is 0 Å². The molecular formula is C17H22N3OS+. The Morgan fingerprint density at radius 1 is 1.36 bits per heavy atom. The Labute approximate surface area is 135 Å². The van der Waals surface area contributed by atoms with Crippen LogP contribution in [-0.2, 0) is 6.54 Å². The average Bonchev–Trinajstić information content (AvgIpc) is 2.98. The molecule has 0 bridgehead atoms. The number of nitrogens with one attached hydrogen (secondary N) is 2. The van der Waals surface area contributed by atoms with Crippen molar-refractivity contribution >= 4 is 23.4 Å². The monoisotopic (exact) mass is 316 g/mol. The molecule has 0 spiro atoms. The summed E-state index contributed by atoms with van der Waals surface area (Å²) < 4.78 is 1.22. The van der Waals surface area contributed by atoms with Crippen molar-refractivity contribution in [1.29, 1.82) is 5.41 Å². The molecule has 0 amide bonds. The van der Waals surface area contributed by atoms with Gasteiger partial charge in [0.15, 0.2) is 0 Å². The first-order valence-electron chi connectivity index (χ1n) is 7.13. The third-order valence-corrected chi connectivity index (χ3v) is 3.87. The van der Waals surface area contributed by atoms with Gasteiger partial charge in [-0.05, 0) is 33.9 Å². The fourth-order valence-corrected chi connectivity index (χ4v) is 2.46. The van der Waals surface area contributed by atoms with E-state index >= 15 is 0 Å². The Balaban J connectivity index is 2.04. The van der Waals surface area contributed by atoms with Crippen LogP contribution in [0.2, 0.25) is 0 Å². The first-order chi connectivity index (χ1) is 10.4. The number of rotatable bonds is 4. The van der Waals surface area contributed by atoms with Gasteiger partial charge in [-0.3, -0.25) is 10.6 Å². The molecule has 0 aliphatic carbocycles. The van der Waals surface area contributed by atoms with Crippen molar-refractivity contribution in [3.63, 3.8) is 0 Å². The number of hydrogen-bond acceptors (Lipinski definition) is 3. The first kappa shape index (κ1) is 16.2. The maximum atomic E-state index is 10.0. The van der Waals surface area contributed by atoms with Gasteiger partial charge in [0, 0.05) is 43.8 Å². The summed E-state index contributed by atoms with van der Waals surface area (Å²) in [7, 11) is 0. The molecular weight excluding hydrogens is 294 g/mol. The number of benzene rings is 1. The molecule has 0 saturated carbocycles. The van der Waals surface area contributed by atoms with Gasteiger partial charge in [0.25, 0.3) is 0 Å². The SMILES string of the molecule is CC(C)(C)/[N+](O)=C/c1cccc(CNC(=N)c2ccsc2)c1. The van der Waals surface area contributed by atoms with Crippen molar-refractivity contribution in [2.75, 3.05) is 0 Å². The predicted octanol–water partition coefficient (Wildman–Crippen LogP) is 3.48. The van der Waals surface area contributed by atoms with E-state index in [2.05, 4.69) is 5.32 Å². The Hall–Kier alpha value is -2.14. The lowest BCUT2D eigenvalue weighted by Gasteiger charge is -2.10. The molecule has 0 fully saturated rings. The third-order valence-electron chi connectivity index (χ3n) is 3.19. The van der Waals surface area contributed by atoms with E-state index in [-0.39, 0.29) is 5.54 Å². The number of hydroxylamine groups is 1. The lowest BCUT2D eigenvalue weighted by Crippen LogP contribution is -2.31. The van der Waals surface area contributed by atoms with Gasteiger partial charge < -0.3 is 5.32 Å². The Morgan fingerprint density at radius 3 is 2.77 bits per heavy atom. The standard InChI is InChI=1S/C17H22N3OS/c1-17(2,3)20(21)11-14-6-4-5-13(9-14)10-19-16(18)15-7-8-22-12-15/h4-9,11-12,21H,10H2,1-3H3,(H2,18,19)/q+1/b20-11-. The van der Waals surface area contributed by atoms with Crippen LogP contribution < -0.4 is 5.32 Å². The normalized spacial score (nSPS) is 12.2. The van der Waals surface area contributed by atoms with Crippen LogP contribution in [0.3, 0.4) is 0 Å². The van der Waals surface area contributed by atoms with E-state index in [4.69, 9.17) is 5.41 Å². The summed E-state index contributed by atoms with van der Waals surface area (Å²) in [6.45, 7) is 6.41. The average molecular weight is 316 g/mol. The second-order valence-electron chi connectivity index (χ2n) is 6.13. The van der Waals surface area contributed by atoms with Crippen LogP contribution in [0, 0.1) is 5.41 Å². The summed E-state index contributed by atoms with van der Waals surface area (Å²) in [6, 6.07) is 9.83. The molecule has 1 aromatic carbocycles. The highest BCUT2D eigenvalue weighted by Crippen LogP contribution is 2.09. The molecule has 1 heterocycles. The summed E-state index contributed by atoms with van der Waals surface area (Å²) in [5, 5.41) is 25.0. The highest BCUT2D eigenvalue weighted by Gasteiger charge is 2.23. The quantitative estimate of drug-likeness (QED) is 0.266. The predicted molar refractivity (Wildman–Crippen MR) is 91.4 cm³/mol. The molecule has 2 rings (SSSR count). The fraction of sp³-hybridized carbons (Fsp3) is 0.294. The van der Waals surface area contributed by atoms with Crippen molar-refractivity contribution in [1.82, 2.24) is 5.32 Å². The molecule has 0 saturated heterocycles. The minimum absolute atomic E-state index is 0.338. The van der Waals surface area contributed by atoms with E-state index < -0.39 is 0 Å². The number of hydrogen-bond donors (Lipinski definition) is 3. The molecule has 5 heteroatoms. The van der Waals surface area contributed by atoms with E-state index in [1.807, 2.05) is 61.9 Å². The Kier molecular flexibility index (Phi) is 4.98. The molecule has 3 N–H and O–H groups in total. The van der Waals surface area contributed by atoms with Crippen LogP contribution in [0.25, 0.3) is 0 Å². The van der Waals surface area contributed by atoms with Crippen LogP contribution in [0.15, 0.2) is 41.1 Å². The van der Waals surface area contributed by atoms with Crippen molar-refractivity contribution in [2.45, 2.75) is 32.9 Å². The summed E-state index contributed by atoms with van der Waals surface area (Å²) in [4.78, 5) is 0. The summed E-state index contributed by atoms with van der Waals surface area (Å²) >= 11 is 1.58. The highest BCUT2D eigenvalue weighted by molar-refractivity contribution is 7.08. The second-order valence-corrected chi connectivity index (χ2v) is 6.91. The zero-order chi connectivity index (χ0) is 16.2. The Morgan fingerprint density at radius 2 is 2.14 bits per heavy atom. The molecule has 0 unspecified atom stereocenters. The van der Waals surface area contributed by atoms with Crippen molar-refractivity contribution < 1.29 is 9.95 Å². The number of thiophene rings is 1. The van der Waals surface area contributed by atoms with Gasteiger partial charge in [-0.2, -0.15) is 11.3 Å². The van der Waals surface area contributed by atoms with Crippen molar-refractivity contribution in [3.8, 4) is 0 Å². The maximum absolute atomic E-state index is 10.0. The lowest BCUT2D eigenvalue weighted by atomic mass is 10.1. The smallest absolute Gasteiger partial charge is 0.223 e. The lowest BCUT2D eigenvalue weighted by molar-refractivity contribution is -0.816. The van der Waals surface area contributed by atoms with E-state index in [9.17, 15) is 5.21 Å². The van der Waals surface area contributed by atoms with Crippen LogP contribution in [0.1, 0.15) is 37.5 Å². The van der Waals surface area contributed by atoms with Gasteiger partial charge in [-0.25, -0.2) is 0 Å². The second kappa shape index (κ2) is 6.75. The van der Waals surface area contributed by atoms with E-state index in [1.165, 1.54) is 4.74 Å². The first-order valence-corrected chi connectivity index (χ1v) is 8.07. The molecule has 0 atom stereocenters. The molecule has 0 aliphatic heterocycles. The molecule has 116 valence electrons. The van der Waals surface area contributed by atoms with Crippen LogP contribution in [-0.4, -0.2) is 27.5 Å². The Bertz CT molecular complexity index is 669. The van der Waals surface area contributed by atoms with Gasteiger partial charge in [-0.15, -0.1) is 0 Å². The molecule has 2 aromatic rings. The van der Waals surface area contributed by atoms with Crippen LogP contribution in [0.4, 0.5) is 0 Å². The number of amidine groups is 1. The summed E-state index contributed by atoms with van der Waals surface area (Å²) in [5.74, 6) is 0.425. The largest absolute Gasteiger partial charge is 0.366 e. The zero-order valence-electron chi connectivity index (χ0n) is 13.1. The van der Waals surface area contributed by atoms with Crippen LogP contribution >= 0.6 is 11.3 Å². The van der Waals surface area contributed by atoms with Crippen molar-refractivity contribution in [3.05, 3.63) is 57.8 Å². The van der Waals surface area contributed by atoms with Gasteiger partial charge in [-0.1, -0.05) is 12.1 Å². The third kappa shape index (κ3) is 4.43. The van der Waals surface area contributed by atoms with Gasteiger partial charge >= 0.3 is 0 Å². The zero-order valence-corrected chi connectivity index (χ0v) is 13.9. The van der Waals surface area contributed by atoms with E-state index in [0.29, 0.717) is 12.4 Å². The number of nitrogens with zero attached hydrogens (tertiary/aromatic N) is 1. The topological polar surface area (TPSA) is 59.1 Å². The highest BCUT2D eigenvalue weighted by atomic mass is 32.1. The summed E-state index contributed by atoms with van der Waals surface area (Å²) in [5.41, 5.74) is 2.56. The van der Waals surface area contributed by atoms with Crippen molar-refractivity contribution in [2.24, 2.45) is 0 Å².